The van der Waals surface area contributed by atoms with Gasteiger partial charge in [0.15, 0.2) is 0 Å². The molecule has 7 heteroatoms. The van der Waals surface area contributed by atoms with Crippen LogP contribution in [0.5, 0.6) is 0 Å². The number of nitrogens with two attached hydrogens (primary N) is 1. The van der Waals surface area contributed by atoms with E-state index in [4.69, 9.17) is 5.14 Å². The predicted molar refractivity (Wildman–Crippen MR) is 66.4 cm³/mol. The molecular weight excluding hydrogens is 262 g/mol. The van der Waals surface area contributed by atoms with Crippen LogP contribution >= 0.6 is 0 Å². The van der Waals surface area contributed by atoms with Crippen LogP contribution in [-0.2, 0) is 10.0 Å². The summed E-state index contributed by atoms with van der Waals surface area (Å²) in [6, 6.07) is 1.62. The first-order valence-electron chi connectivity index (χ1n) is 5.31. The molecule has 1 aromatic carbocycles. The Bertz CT molecular complexity index is 544. The van der Waals surface area contributed by atoms with Crippen molar-refractivity contribution in [2.24, 2.45) is 5.14 Å². The van der Waals surface area contributed by atoms with Crippen molar-refractivity contribution in [1.82, 2.24) is 0 Å². The Morgan fingerprint density at radius 2 is 1.83 bits per heavy atom. The van der Waals surface area contributed by atoms with Crippen molar-refractivity contribution in [3.05, 3.63) is 23.3 Å². The van der Waals surface area contributed by atoms with Gasteiger partial charge in [0.05, 0.1) is 10.9 Å². The van der Waals surface area contributed by atoms with Crippen molar-refractivity contribution in [2.45, 2.75) is 38.1 Å². The summed E-state index contributed by atoms with van der Waals surface area (Å²) < 4.78 is 47.5. The number of halogens is 2. The molecule has 1 unspecified atom stereocenters. The van der Waals surface area contributed by atoms with E-state index < -0.39 is 22.5 Å². The molecule has 0 saturated carbocycles. The second kappa shape index (κ2) is 5.19. The molecule has 0 spiro atoms. The third-order valence-corrected chi connectivity index (χ3v) is 3.62. The largest absolute Gasteiger partial charge is 0.377 e. The highest BCUT2D eigenvalue weighted by Crippen LogP contribution is 2.24. The smallest absolute Gasteiger partial charge is 0.258 e. The van der Waals surface area contributed by atoms with Crippen LogP contribution in [0.3, 0.4) is 0 Å². The molecule has 0 saturated heterocycles. The number of primary sulfonamides is 1. The molecular formula is C11H16F2N2O2S. The van der Waals surface area contributed by atoms with E-state index in [1.807, 2.05) is 0 Å². The van der Waals surface area contributed by atoms with Gasteiger partial charge >= 0.3 is 0 Å². The lowest BCUT2D eigenvalue weighted by molar-refractivity contribution is 0.130. The fraction of sp³-hybridized carbons (Fsp3) is 0.455. The molecule has 102 valence electrons. The molecule has 0 radical (unpaired) electrons. The van der Waals surface area contributed by atoms with Gasteiger partial charge in [0.25, 0.3) is 6.43 Å². The van der Waals surface area contributed by atoms with Crippen LogP contribution < -0.4 is 10.5 Å². The van der Waals surface area contributed by atoms with Crippen molar-refractivity contribution in [3.8, 4) is 0 Å². The van der Waals surface area contributed by atoms with Gasteiger partial charge in [-0.1, -0.05) is 0 Å². The maximum Gasteiger partial charge on any atom is 0.258 e. The number of rotatable bonds is 4. The summed E-state index contributed by atoms with van der Waals surface area (Å²) in [5.41, 5.74) is 1.74. The van der Waals surface area contributed by atoms with Crippen LogP contribution in [0.2, 0.25) is 0 Å². The first-order valence-corrected chi connectivity index (χ1v) is 6.86. The molecule has 18 heavy (non-hydrogen) atoms. The number of hydrogen-bond donors (Lipinski definition) is 2. The number of benzene rings is 1. The lowest BCUT2D eigenvalue weighted by atomic mass is 10.1. The fourth-order valence-corrected chi connectivity index (χ4v) is 2.07. The molecule has 1 aromatic rings. The SMILES string of the molecule is Cc1cc(S(N)(=O)=O)cc(NC(C)C(F)F)c1C. The minimum Gasteiger partial charge on any atom is -0.377 e. The van der Waals surface area contributed by atoms with Gasteiger partial charge in [0.1, 0.15) is 0 Å². The molecule has 0 amide bonds. The molecule has 0 aliphatic rings. The lowest BCUT2D eigenvalue weighted by Gasteiger charge is -2.18. The van der Waals surface area contributed by atoms with Gasteiger partial charge < -0.3 is 5.32 Å². The molecule has 0 aromatic heterocycles. The van der Waals surface area contributed by atoms with E-state index >= 15 is 0 Å². The summed E-state index contributed by atoms with van der Waals surface area (Å²) in [5, 5.41) is 7.62. The van der Waals surface area contributed by atoms with Crippen LogP contribution in [0.15, 0.2) is 17.0 Å². The Hall–Kier alpha value is -1.21. The number of anilines is 1. The number of sulfonamides is 1. The molecule has 3 N–H and O–H groups in total. The van der Waals surface area contributed by atoms with E-state index in [9.17, 15) is 17.2 Å². The monoisotopic (exact) mass is 278 g/mol. The Labute approximate surface area is 105 Å². The molecule has 0 aliphatic carbocycles. The molecule has 0 aliphatic heterocycles. The molecule has 4 nitrogen and oxygen atoms in total. The zero-order chi connectivity index (χ0) is 14.1. The highest BCUT2D eigenvalue weighted by atomic mass is 32.2. The van der Waals surface area contributed by atoms with Gasteiger partial charge in [-0.3, -0.25) is 0 Å². The Morgan fingerprint density at radius 1 is 1.28 bits per heavy atom. The van der Waals surface area contributed by atoms with E-state index in [0.29, 0.717) is 11.3 Å². The van der Waals surface area contributed by atoms with Crippen LogP contribution in [0.4, 0.5) is 14.5 Å². The van der Waals surface area contributed by atoms with Crippen molar-refractivity contribution in [2.75, 3.05) is 5.32 Å². The van der Waals surface area contributed by atoms with Gasteiger partial charge in [-0.2, -0.15) is 0 Å². The fourth-order valence-electron chi connectivity index (χ4n) is 1.45. The normalized spacial score (nSPS) is 13.7. The van der Waals surface area contributed by atoms with Crippen molar-refractivity contribution in [1.29, 1.82) is 0 Å². The van der Waals surface area contributed by atoms with E-state index in [2.05, 4.69) is 5.32 Å². The van der Waals surface area contributed by atoms with Crippen molar-refractivity contribution in [3.63, 3.8) is 0 Å². The third-order valence-electron chi connectivity index (χ3n) is 2.73. The van der Waals surface area contributed by atoms with Crippen LogP contribution in [0.25, 0.3) is 0 Å². The molecule has 1 rings (SSSR count). The first kappa shape index (κ1) is 14.8. The lowest BCUT2D eigenvalue weighted by Crippen LogP contribution is -2.24. The maximum atomic E-state index is 12.5. The maximum absolute atomic E-state index is 12.5. The average Bonchev–Trinajstić information content (AvgIpc) is 2.22. The van der Waals surface area contributed by atoms with Crippen LogP contribution in [0, 0.1) is 13.8 Å². The predicted octanol–water partition coefficient (Wildman–Crippen LogP) is 2.02. The van der Waals surface area contributed by atoms with Gasteiger partial charge in [-0.05, 0) is 44.0 Å². The zero-order valence-electron chi connectivity index (χ0n) is 10.4. The second-order valence-corrected chi connectivity index (χ2v) is 5.79. The molecule has 0 bridgehead atoms. The van der Waals surface area contributed by atoms with Gasteiger partial charge in [0, 0.05) is 5.69 Å². The number of alkyl halides is 2. The minimum absolute atomic E-state index is 0.0884. The summed E-state index contributed by atoms with van der Waals surface area (Å²) >= 11 is 0. The third kappa shape index (κ3) is 3.39. The topological polar surface area (TPSA) is 72.2 Å². The Balaban J connectivity index is 3.23. The van der Waals surface area contributed by atoms with Crippen molar-refractivity contribution >= 4 is 15.7 Å². The number of nitrogens with one attached hydrogen (secondary N) is 1. The van der Waals surface area contributed by atoms with Gasteiger partial charge in [-0.25, -0.2) is 22.3 Å². The van der Waals surface area contributed by atoms with E-state index in [1.54, 1.807) is 13.8 Å². The zero-order valence-corrected chi connectivity index (χ0v) is 11.2. The standard InChI is InChI=1S/C11H16F2N2O2S/c1-6-4-9(18(14,16)17)5-10(7(6)2)15-8(3)11(12)13/h4-5,8,11,15H,1-3H3,(H2,14,16,17). The van der Waals surface area contributed by atoms with E-state index in [-0.39, 0.29) is 4.90 Å². The quantitative estimate of drug-likeness (QED) is 0.885. The summed E-state index contributed by atoms with van der Waals surface area (Å²) in [4.78, 5) is -0.0884. The minimum atomic E-state index is -3.85. The molecule has 0 heterocycles. The van der Waals surface area contributed by atoms with Gasteiger partial charge in [0.2, 0.25) is 10.0 Å². The highest BCUT2D eigenvalue weighted by Gasteiger charge is 2.18. The van der Waals surface area contributed by atoms with E-state index in [1.165, 1.54) is 19.1 Å². The Morgan fingerprint density at radius 3 is 2.28 bits per heavy atom. The Kier molecular flexibility index (Phi) is 4.28. The van der Waals surface area contributed by atoms with Gasteiger partial charge in [-0.15, -0.1) is 0 Å². The van der Waals surface area contributed by atoms with E-state index in [0.717, 1.165) is 5.56 Å². The summed E-state index contributed by atoms with van der Waals surface area (Å²) in [6.45, 7) is 4.74. The molecule has 0 fully saturated rings. The van der Waals surface area contributed by atoms with Crippen LogP contribution in [0.1, 0.15) is 18.1 Å². The molecule has 1 atom stereocenters. The van der Waals surface area contributed by atoms with Crippen molar-refractivity contribution < 1.29 is 17.2 Å². The highest BCUT2D eigenvalue weighted by molar-refractivity contribution is 7.89. The summed E-state index contributed by atoms with van der Waals surface area (Å²) in [6.07, 6.45) is -2.54. The van der Waals surface area contributed by atoms with Crippen LogP contribution in [-0.4, -0.2) is 20.9 Å². The summed E-state index contributed by atoms with van der Waals surface area (Å²) in [5.74, 6) is 0. The number of hydrogen-bond acceptors (Lipinski definition) is 3. The first-order chi connectivity index (χ1) is 8.12. The second-order valence-electron chi connectivity index (χ2n) is 4.23. The summed E-state index contributed by atoms with van der Waals surface area (Å²) in [7, 11) is -3.85. The number of aryl methyl sites for hydroxylation is 1. The average molecular weight is 278 g/mol.